The van der Waals surface area contributed by atoms with Gasteiger partial charge in [0.2, 0.25) is 0 Å². The van der Waals surface area contributed by atoms with Crippen LogP contribution in [0, 0.1) is 5.92 Å². The smallest absolute Gasteiger partial charge is 0.311 e. The summed E-state index contributed by atoms with van der Waals surface area (Å²) in [5.74, 6) is 0.817. The Hall–Kier alpha value is -1.36. The normalized spacial score (nSPS) is 21.1. The molecule has 2 rings (SSSR count). The van der Waals surface area contributed by atoms with E-state index >= 15 is 0 Å². The predicted molar refractivity (Wildman–Crippen MR) is 66.4 cm³/mol. The van der Waals surface area contributed by atoms with E-state index in [1.165, 1.54) is 25.6 Å². The van der Waals surface area contributed by atoms with E-state index in [1.54, 1.807) is 0 Å². The van der Waals surface area contributed by atoms with Gasteiger partial charge in [0.15, 0.2) is 5.89 Å². The number of carboxylic acid groups (broad SMARTS) is 1. The van der Waals surface area contributed by atoms with Crippen LogP contribution in [0.25, 0.3) is 0 Å². The Bertz CT molecular complexity index is 403. The van der Waals surface area contributed by atoms with Crippen LogP contribution in [0.4, 0.5) is 0 Å². The van der Waals surface area contributed by atoms with Crippen molar-refractivity contribution in [2.75, 3.05) is 19.6 Å². The summed E-state index contributed by atoms with van der Waals surface area (Å²) in [6, 6.07) is 0. The number of piperidine rings is 1. The summed E-state index contributed by atoms with van der Waals surface area (Å²) in [6.45, 7) is 5.54. The minimum atomic E-state index is -0.882. The first-order chi connectivity index (χ1) is 8.67. The molecular weight excluding hydrogens is 232 g/mol. The first kappa shape index (κ1) is 13.1. The van der Waals surface area contributed by atoms with E-state index in [0.29, 0.717) is 17.6 Å². The van der Waals surface area contributed by atoms with Crippen LogP contribution in [0.3, 0.4) is 0 Å². The highest BCUT2D eigenvalue weighted by Crippen LogP contribution is 2.20. The number of hydrogen-bond donors (Lipinski definition) is 1. The third-order valence-corrected chi connectivity index (χ3v) is 3.44. The Morgan fingerprint density at radius 2 is 2.50 bits per heavy atom. The number of aliphatic carboxylic acids is 1. The average Bonchev–Trinajstić information content (AvgIpc) is 2.76. The first-order valence-corrected chi connectivity index (χ1v) is 6.55. The van der Waals surface area contributed by atoms with E-state index < -0.39 is 5.97 Å². The number of carbonyl (C=O) groups is 1. The van der Waals surface area contributed by atoms with Gasteiger partial charge in [0.1, 0.15) is 12.2 Å². The largest absolute Gasteiger partial charge is 0.481 e. The van der Waals surface area contributed by atoms with Gasteiger partial charge in [-0.3, -0.25) is 4.79 Å². The quantitative estimate of drug-likeness (QED) is 0.861. The summed E-state index contributed by atoms with van der Waals surface area (Å²) in [5.41, 5.74) is 0. The molecule has 1 unspecified atom stereocenters. The zero-order valence-electron chi connectivity index (χ0n) is 10.8. The molecule has 0 spiro atoms. The molecule has 1 fully saturated rings. The van der Waals surface area contributed by atoms with Crippen molar-refractivity contribution in [3.63, 3.8) is 0 Å². The fourth-order valence-corrected chi connectivity index (χ4v) is 2.53. The van der Waals surface area contributed by atoms with Crippen LogP contribution >= 0.6 is 0 Å². The zero-order valence-corrected chi connectivity index (χ0v) is 10.8. The third-order valence-electron chi connectivity index (χ3n) is 3.44. The number of likely N-dealkylation sites (tertiary alicyclic amines) is 1. The van der Waals surface area contributed by atoms with E-state index in [1.807, 2.05) is 0 Å². The first-order valence-electron chi connectivity index (χ1n) is 6.55. The topological polar surface area (TPSA) is 66.6 Å². The van der Waals surface area contributed by atoms with Crippen molar-refractivity contribution in [3.05, 3.63) is 17.8 Å². The van der Waals surface area contributed by atoms with Crippen LogP contribution in [0.2, 0.25) is 0 Å². The third kappa shape index (κ3) is 3.57. The van der Waals surface area contributed by atoms with Crippen molar-refractivity contribution in [3.8, 4) is 0 Å². The van der Waals surface area contributed by atoms with Gasteiger partial charge < -0.3 is 14.4 Å². The Kier molecular flexibility index (Phi) is 4.36. The lowest BCUT2D eigenvalue weighted by molar-refractivity contribution is -0.136. The molecule has 5 nitrogen and oxygen atoms in total. The molecule has 1 N–H and O–H groups in total. The Labute approximate surface area is 107 Å². The van der Waals surface area contributed by atoms with Gasteiger partial charge in [-0.25, -0.2) is 4.98 Å². The zero-order chi connectivity index (χ0) is 13.0. The SMILES string of the molecule is CCN1CCCC(Cc2ncc(CC(=O)O)o2)C1. The van der Waals surface area contributed by atoms with Gasteiger partial charge in [-0.15, -0.1) is 0 Å². The highest BCUT2D eigenvalue weighted by atomic mass is 16.4. The molecule has 0 aromatic carbocycles. The maximum atomic E-state index is 10.6. The van der Waals surface area contributed by atoms with E-state index in [0.717, 1.165) is 19.5 Å². The second kappa shape index (κ2) is 6.00. The molecule has 1 aliphatic rings. The summed E-state index contributed by atoms with van der Waals surface area (Å²) in [6.07, 6.45) is 4.69. The number of nitrogens with zero attached hydrogens (tertiary/aromatic N) is 2. The van der Waals surface area contributed by atoms with Gasteiger partial charge in [0.25, 0.3) is 0 Å². The molecule has 0 amide bonds. The molecule has 1 aliphatic heterocycles. The van der Waals surface area contributed by atoms with Gasteiger partial charge in [-0.05, 0) is 31.8 Å². The maximum Gasteiger partial charge on any atom is 0.311 e. The number of aromatic nitrogens is 1. The fourth-order valence-electron chi connectivity index (χ4n) is 2.53. The number of carboxylic acids is 1. The highest BCUT2D eigenvalue weighted by molar-refractivity contribution is 5.69. The Morgan fingerprint density at radius 3 is 3.22 bits per heavy atom. The van der Waals surface area contributed by atoms with Crippen molar-refractivity contribution in [1.29, 1.82) is 0 Å². The average molecular weight is 252 g/mol. The molecule has 0 bridgehead atoms. The molecule has 100 valence electrons. The molecule has 18 heavy (non-hydrogen) atoms. The number of rotatable bonds is 5. The molecule has 1 saturated heterocycles. The van der Waals surface area contributed by atoms with Crippen LogP contribution in [-0.4, -0.2) is 40.6 Å². The van der Waals surface area contributed by atoms with Crippen molar-refractivity contribution >= 4 is 5.97 Å². The summed E-state index contributed by atoms with van der Waals surface area (Å²) in [5, 5.41) is 8.67. The highest BCUT2D eigenvalue weighted by Gasteiger charge is 2.21. The number of oxazole rings is 1. The predicted octanol–water partition coefficient (Wildman–Crippen LogP) is 1.58. The summed E-state index contributed by atoms with van der Waals surface area (Å²) in [4.78, 5) is 17.2. The van der Waals surface area contributed by atoms with Crippen LogP contribution in [-0.2, 0) is 17.6 Å². The monoisotopic (exact) mass is 252 g/mol. The molecular formula is C13H20N2O3. The molecule has 2 heterocycles. The van der Waals surface area contributed by atoms with Gasteiger partial charge in [0.05, 0.1) is 6.20 Å². The minimum Gasteiger partial charge on any atom is -0.481 e. The van der Waals surface area contributed by atoms with Crippen molar-refractivity contribution in [1.82, 2.24) is 9.88 Å². The van der Waals surface area contributed by atoms with Crippen LogP contribution in [0.15, 0.2) is 10.6 Å². The van der Waals surface area contributed by atoms with Gasteiger partial charge >= 0.3 is 5.97 Å². The van der Waals surface area contributed by atoms with Crippen LogP contribution < -0.4 is 0 Å². The maximum absolute atomic E-state index is 10.6. The van der Waals surface area contributed by atoms with Crippen LogP contribution in [0.1, 0.15) is 31.4 Å². The summed E-state index contributed by atoms with van der Waals surface area (Å²) < 4.78 is 5.46. The number of hydrogen-bond acceptors (Lipinski definition) is 4. The second-order valence-electron chi connectivity index (χ2n) is 4.90. The minimum absolute atomic E-state index is 0.0846. The summed E-state index contributed by atoms with van der Waals surface area (Å²) in [7, 11) is 0. The van der Waals surface area contributed by atoms with Crippen LogP contribution in [0.5, 0.6) is 0 Å². The Balaban J connectivity index is 1.88. The molecule has 1 aromatic heterocycles. The fraction of sp³-hybridized carbons (Fsp3) is 0.692. The molecule has 0 aliphatic carbocycles. The van der Waals surface area contributed by atoms with Gasteiger partial charge in [-0.2, -0.15) is 0 Å². The second-order valence-corrected chi connectivity index (χ2v) is 4.90. The van der Waals surface area contributed by atoms with E-state index in [9.17, 15) is 4.79 Å². The van der Waals surface area contributed by atoms with E-state index in [4.69, 9.17) is 9.52 Å². The van der Waals surface area contributed by atoms with Crippen molar-refractivity contribution in [2.24, 2.45) is 5.92 Å². The summed E-state index contributed by atoms with van der Waals surface area (Å²) >= 11 is 0. The lowest BCUT2D eigenvalue weighted by Gasteiger charge is -2.31. The molecule has 0 saturated carbocycles. The lowest BCUT2D eigenvalue weighted by Crippen LogP contribution is -2.35. The Morgan fingerprint density at radius 1 is 1.67 bits per heavy atom. The molecule has 1 aromatic rings. The van der Waals surface area contributed by atoms with Gasteiger partial charge in [-0.1, -0.05) is 6.92 Å². The van der Waals surface area contributed by atoms with Crippen molar-refractivity contribution < 1.29 is 14.3 Å². The lowest BCUT2D eigenvalue weighted by atomic mass is 9.95. The molecule has 5 heteroatoms. The van der Waals surface area contributed by atoms with E-state index in [-0.39, 0.29) is 6.42 Å². The molecule has 0 radical (unpaired) electrons. The molecule has 1 atom stereocenters. The van der Waals surface area contributed by atoms with Gasteiger partial charge in [0, 0.05) is 13.0 Å². The standard InChI is InChI=1S/C13H20N2O3/c1-2-15-5-3-4-10(9-15)6-12-14-8-11(18-12)7-13(16)17/h8,10H,2-7,9H2,1H3,(H,16,17). The van der Waals surface area contributed by atoms with Crippen molar-refractivity contribution in [2.45, 2.75) is 32.6 Å². The van der Waals surface area contributed by atoms with E-state index in [2.05, 4.69) is 16.8 Å².